The second-order valence-corrected chi connectivity index (χ2v) is 9.22. The van der Waals surface area contributed by atoms with E-state index in [4.69, 9.17) is 4.74 Å². The number of methoxy groups -OCH3 is 1. The van der Waals surface area contributed by atoms with Gasteiger partial charge in [0.15, 0.2) is 0 Å². The summed E-state index contributed by atoms with van der Waals surface area (Å²) in [5.74, 6) is 1.10. The van der Waals surface area contributed by atoms with E-state index in [9.17, 15) is 8.42 Å². The van der Waals surface area contributed by atoms with Gasteiger partial charge in [0.1, 0.15) is 9.84 Å². The van der Waals surface area contributed by atoms with Crippen molar-refractivity contribution in [2.75, 3.05) is 19.9 Å². The van der Waals surface area contributed by atoms with Crippen molar-refractivity contribution in [3.63, 3.8) is 0 Å². The molecule has 0 spiro atoms. The number of rotatable bonds is 8. The number of sulfone groups is 1. The van der Waals surface area contributed by atoms with Crippen molar-refractivity contribution in [2.45, 2.75) is 69.3 Å². The van der Waals surface area contributed by atoms with Crippen LogP contribution in [-0.2, 0) is 14.6 Å². The predicted octanol–water partition coefficient (Wildman–Crippen LogP) is 2.38. The molecule has 0 radical (unpaired) electrons. The third-order valence-electron chi connectivity index (χ3n) is 5.12. The van der Waals surface area contributed by atoms with Crippen LogP contribution in [0.25, 0.3) is 0 Å². The lowest BCUT2D eigenvalue weighted by Gasteiger charge is -2.38. The van der Waals surface area contributed by atoms with Crippen LogP contribution < -0.4 is 5.32 Å². The van der Waals surface area contributed by atoms with Crippen molar-refractivity contribution in [3.8, 4) is 0 Å². The van der Waals surface area contributed by atoms with Gasteiger partial charge in [-0.25, -0.2) is 8.42 Å². The van der Waals surface area contributed by atoms with Crippen molar-refractivity contribution >= 4 is 9.84 Å². The molecule has 0 aromatic heterocycles. The van der Waals surface area contributed by atoms with Crippen LogP contribution in [0.1, 0.15) is 51.9 Å². The monoisotopic (exact) mass is 317 g/mol. The third kappa shape index (κ3) is 4.67. The number of ether oxygens (including phenoxy) is 1. The Bertz CT molecular complexity index is 419. The minimum absolute atomic E-state index is 0.154. The van der Waals surface area contributed by atoms with E-state index in [1.807, 2.05) is 0 Å². The summed E-state index contributed by atoms with van der Waals surface area (Å²) in [6, 6.07) is 0.312. The highest BCUT2D eigenvalue weighted by Gasteiger charge is 2.42. The van der Waals surface area contributed by atoms with Gasteiger partial charge >= 0.3 is 0 Å². The minimum Gasteiger partial charge on any atom is -0.380 e. The van der Waals surface area contributed by atoms with Crippen LogP contribution in [0, 0.1) is 11.8 Å². The lowest BCUT2D eigenvalue weighted by Crippen LogP contribution is -2.50. The molecule has 2 fully saturated rings. The SMILES string of the molecule is CCCNC(C1CCCC(S(C)(=O)=O)C1)C(OC)C1CC1. The Morgan fingerprint density at radius 2 is 1.90 bits per heavy atom. The normalized spacial score (nSPS) is 30.0. The Hall–Kier alpha value is -0.130. The Labute approximate surface area is 129 Å². The summed E-state index contributed by atoms with van der Waals surface area (Å²) < 4.78 is 29.6. The van der Waals surface area contributed by atoms with E-state index in [1.54, 1.807) is 7.11 Å². The first-order valence-corrected chi connectivity index (χ1v) is 10.4. The minimum atomic E-state index is -2.92. The molecule has 0 aromatic carbocycles. The molecule has 2 rings (SSSR count). The van der Waals surface area contributed by atoms with Crippen LogP contribution in [0.3, 0.4) is 0 Å². The summed E-state index contributed by atoms with van der Waals surface area (Å²) in [5.41, 5.74) is 0. The fourth-order valence-electron chi connectivity index (χ4n) is 3.82. The molecule has 1 N–H and O–H groups in total. The second-order valence-electron chi connectivity index (χ2n) is 6.90. The molecule has 0 aromatic rings. The van der Waals surface area contributed by atoms with Gasteiger partial charge in [-0.1, -0.05) is 13.3 Å². The van der Waals surface area contributed by atoms with E-state index in [0.717, 1.165) is 38.6 Å². The quantitative estimate of drug-likeness (QED) is 0.747. The van der Waals surface area contributed by atoms with E-state index in [-0.39, 0.29) is 11.4 Å². The van der Waals surface area contributed by atoms with Crippen LogP contribution in [0.15, 0.2) is 0 Å². The van der Waals surface area contributed by atoms with Gasteiger partial charge in [0, 0.05) is 19.4 Å². The van der Waals surface area contributed by atoms with Gasteiger partial charge in [-0.05, 0) is 56.9 Å². The van der Waals surface area contributed by atoms with Crippen molar-refractivity contribution in [1.82, 2.24) is 5.32 Å². The maximum Gasteiger partial charge on any atom is 0.150 e. The first kappa shape index (κ1) is 17.2. The topological polar surface area (TPSA) is 55.4 Å². The van der Waals surface area contributed by atoms with E-state index < -0.39 is 9.84 Å². The molecule has 0 bridgehead atoms. The van der Waals surface area contributed by atoms with Gasteiger partial charge in [0.05, 0.1) is 11.4 Å². The maximum absolute atomic E-state index is 11.9. The molecule has 0 heterocycles. The van der Waals surface area contributed by atoms with Crippen molar-refractivity contribution in [3.05, 3.63) is 0 Å². The molecule has 2 aliphatic rings. The van der Waals surface area contributed by atoms with Gasteiger partial charge in [-0.3, -0.25) is 0 Å². The summed E-state index contributed by atoms with van der Waals surface area (Å²) in [6.07, 6.45) is 9.02. The van der Waals surface area contributed by atoms with Crippen molar-refractivity contribution in [1.29, 1.82) is 0 Å². The molecule has 0 aliphatic heterocycles. The molecule has 4 nitrogen and oxygen atoms in total. The Morgan fingerprint density at radius 1 is 1.19 bits per heavy atom. The Morgan fingerprint density at radius 3 is 2.43 bits per heavy atom. The smallest absolute Gasteiger partial charge is 0.150 e. The predicted molar refractivity (Wildman–Crippen MR) is 86.2 cm³/mol. The molecule has 2 saturated carbocycles. The molecule has 4 unspecified atom stereocenters. The fraction of sp³-hybridized carbons (Fsp3) is 1.00. The van der Waals surface area contributed by atoms with Gasteiger partial charge in [-0.2, -0.15) is 0 Å². The summed E-state index contributed by atoms with van der Waals surface area (Å²) in [6.45, 7) is 3.15. The molecule has 2 aliphatic carbocycles. The van der Waals surface area contributed by atoms with E-state index in [0.29, 0.717) is 17.9 Å². The van der Waals surface area contributed by atoms with Gasteiger partial charge in [0.25, 0.3) is 0 Å². The molecule has 0 amide bonds. The average molecular weight is 317 g/mol. The van der Waals surface area contributed by atoms with Gasteiger partial charge in [-0.15, -0.1) is 0 Å². The van der Waals surface area contributed by atoms with Crippen LogP contribution >= 0.6 is 0 Å². The van der Waals surface area contributed by atoms with Crippen LogP contribution in [0.2, 0.25) is 0 Å². The molecular formula is C16H31NO3S. The van der Waals surface area contributed by atoms with Crippen LogP contribution in [0.5, 0.6) is 0 Å². The first-order valence-electron chi connectivity index (χ1n) is 8.42. The number of nitrogens with one attached hydrogen (secondary N) is 1. The van der Waals surface area contributed by atoms with Crippen molar-refractivity contribution < 1.29 is 13.2 Å². The zero-order chi connectivity index (χ0) is 15.5. The Balaban J connectivity index is 2.07. The highest BCUT2D eigenvalue weighted by Crippen LogP contribution is 2.40. The second kappa shape index (κ2) is 7.42. The standard InChI is InChI=1S/C16H31NO3S/c1-4-10-17-15(16(20-2)12-8-9-12)13-6-5-7-14(11-13)21(3,18)19/h12-17H,4-11H2,1-3H3. The highest BCUT2D eigenvalue weighted by molar-refractivity contribution is 7.91. The molecule has 5 heteroatoms. The largest absolute Gasteiger partial charge is 0.380 e. The van der Waals surface area contributed by atoms with Gasteiger partial charge < -0.3 is 10.1 Å². The zero-order valence-electron chi connectivity index (χ0n) is 13.7. The number of hydrogen-bond donors (Lipinski definition) is 1. The summed E-state index contributed by atoms with van der Waals surface area (Å²) in [7, 11) is -1.11. The van der Waals surface area contributed by atoms with Crippen molar-refractivity contribution in [2.24, 2.45) is 11.8 Å². The highest BCUT2D eigenvalue weighted by atomic mass is 32.2. The maximum atomic E-state index is 11.9. The summed E-state index contributed by atoms with van der Waals surface area (Å²) in [4.78, 5) is 0. The summed E-state index contributed by atoms with van der Waals surface area (Å²) in [5, 5.41) is 3.51. The fourth-order valence-corrected chi connectivity index (χ4v) is 5.01. The van der Waals surface area contributed by atoms with E-state index in [1.165, 1.54) is 19.1 Å². The van der Waals surface area contributed by atoms with E-state index >= 15 is 0 Å². The lowest BCUT2D eigenvalue weighted by atomic mass is 9.80. The zero-order valence-corrected chi connectivity index (χ0v) is 14.5. The molecule has 4 atom stereocenters. The number of hydrogen-bond acceptors (Lipinski definition) is 4. The lowest BCUT2D eigenvalue weighted by molar-refractivity contribution is 0.0244. The van der Waals surface area contributed by atoms with Crippen LogP contribution in [-0.4, -0.2) is 45.7 Å². The molecule has 21 heavy (non-hydrogen) atoms. The molecule has 124 valence electrons. The Kier molecular flexibility index (Phi) is 6.09. The first-order chi connectivity index (χ1) is 9.97. The van der Waals surface area contributed by atoms with E-state index in [2.05, 4.69) is 12.2 Å². The molecule has 0 saturated heterocycles. The van der Waals surface area contributed by atoms with Crippen LogP contribution in [0.4, 0.5) is 0 Å². The summed E-state index contributed by atoms with van der Waals surface area (Å²) >= 11 is 0. The third-order valence-corrected chi connectivity index (χ3v) is 6.76. The van der Waals surface area contributed by atoms with Gasteiger partial charge in [0.2, 0.25) is 0 Å². The average Bonchev–Trinajstić information content (AvgIpc) is 3.27. The molecular weight excluding hydrogens is 286 g/mol.